The zero-order valence-corrected chi connectivity index (χ0v) is 8.05. The molecule has 3 atom stereocenters. The molecule has 1 aliphatic carbocycles. The predicted octanol–water partition coefficient (Wildman–Crippen LogP) is 3.34. The van der Waals surface area contributed by atoms with E-state index in [9.17, 15) is 0 Å². The van der Waals surface area contributed by atoms with Crippen LogP contribution in [-0.2, 0) is 0 Å². The van der Waals surface area contributed by atoms with E-state index in [0.717, 1.165) is 0 Å². The monoisotopic (exact) mass is 218 g/mol. The van der Waals surface area contributed by atoms with Crippen molar-refractivity contribution >= 4 is 46.4 Å². The smallest absolute Gasteiger partial charge is 0.0708 e. The molecule has 0 aromatic carbocycles. The molecule has 0 aromatic heterocycles. The average Bonchev–Trinajstić information content (AvgIpc) is 1.82. The van der Waals surface area contributed by atoms with Crippen molar-refractivity contribution in [2.75, 3.05) is 0 Å². The van der Waals surface area contributed by atoms with Crippen LogP contribution in [0.5, 0.6) is 0 Å². The maximum atomic E-state index is 5.82. The van der Waals surface area contributed by atoms with E-state index in [1.807, 2.05) is 0 Å². The second-order valence-electron chi connectivity index (χ2n) is 2.22. The number of hydrogen-bond donors (Lipinski definition) is 0. The van der Waals surface area contributed by atoms with Crippen molar-refractivity contribution in [3.8, 4) is 0 Å². The van der Waals surface area contributed by atoms with E-state index < -0.39 is 0 Å². The summed E-state index contributed by atoms with van der Waals surface area (Å²) >= 11 is 23.1. The summed E-state index contributed by atoms with van der Waals surface area (Å²) in [6.07, 6.45) is 2.36. The molecule has 0 saturated heterocycles. The Morgan fingerprint density at radius 1 is 1.30 bits per heavy atom. The van der Waals surface area contributed by atoms with E-state index in [2.05, 4.69) is 0 Å². The van der Waals surface area contributed by atoms with Crippen LogP contribution in [0.2, 0.25) is 0 Å². The largest absolute Gasteiger partial charge is 0.121 e. The van der Waals surface area contributed by atoms with Gasteiger partial charge in [0.05, 0.1) is 16.1 Å². The van der Waals surface area contributed by atoms with Crippen molar-refractivity contribution in [1.29, 1.82) is 0 Å². The molecular formula is C6H6Cl4. The minimum absolute atomic E-state index is 0.137. The number of hydrogen-bond acceptors (Lipinski definition) is 0. The Hall–Kier alpha value is 0.900. The summed E-state index contributed by atoms with van der Waals surface area (Å²) in [5.41, 5.74) is 0. The third kappa shape index (κ3) is 1.94. The Bertz CT molecular complexity index is 154. The SMILES string of the molecule is ClC1=C[C@H](Cl)[C@@H](Cl)[C@H](Cl)C1. The second-order valence-corrected chi connectivity index (χ2v) is 4.28. The van der Waals surface area contributed by atoms with Crippen LogP contribution in [0.4, 0.5) is 0 Å². The topological polar surface area (TPSA) is 0 Å². The van der Waals surface area contributed by atoms with Crippen molar-refractivity contribution in [2.24, 2.45) is 0 Å². The van der Waals surface area contributed by atoms with Crippen LogP contribution in [-0.4, -0.2) is 16.1 Å². The Balaban J connectivity index is 2.69. The number of allylic oxidation sites excluding steroid dienone is 2. The molecule has 10 heavy (non-hydrogen) atoms. The van der Waals surface area contributed by atoms with Crippen molar-refractivity contribution in [2.45, 2.75) is 22.6 Å². The van der Waals surface area contributed by atoms with Gasteiger partial charge < -0.3 is 0 Å². The summed E-state index contributed by atoms with van der Waals surface area (Å²) in [6.45, 7) is 0. The fraction of sp³-hybridized carbons (Fsp3) is 0.667. The Morgan fingerprint density at radius 2 is 1.90 bits per heavy atom. The lowest BCUT2D eigenvalue weighted by Gasteiger charge is -2.23. The van der Waals surface area contributed by atoms with Gasteiger partial charge in [0.2, 0.25) is 0 Å². The lowest BCUT2D eigenvalue weighted by Crippen LogP contribution is -2.28. The zero-order valence-electron chi connectivity index (χ0n) is 5.03. The van der Waals surface area contributed by atoms with Gasteiger partial charge in [-0.1, -0.05) is 17.7 Å². The molecule has 58 valence electrons. The summed E-state index contributed by atoms with van der Waals surface area (Å²) in [4.78, 5) is 0. The first kappa shape index (κ1) is 8.99. The second kappa shape index (κ2) is 3.53. The summed E-state index contributed by atoms with van der Waals surface area (Å²) in [5, 5.41) is 0.134. The highest BCUT2D eigenvalue weighted by molar-refractivity contribution is 6.38. The van der Waals surface area contributed by atoms with Crippen molar-refractivity contribution in [1.82, 2.24) is 0 Å². The van der Waals surface area contributed by atoms with Crippen LogP contribution < -0.4 is 0 Å². The van der Waals surface area contributed by atoms with Gasteiger partial charge in [-0.25, -0.2) is 0 Å². The lowest BCUT2D eigenvalue weighted by molar-refractivity contribution is 0.745. The highest BCUT2D eigenvalue weighted by Gasteiger charge is 2.28. The highest BCUT2D eigenvalue weighted by atomic mass is 35.5. The van der Waals surface area contributed by atoms with Gasteiger partial charge in [-0.2, -0.15) is 0 Å². The van der Waals surface area contributed by atoms with Crippen LogP contribution in [0.1, 0.15) is 6.42 Å². The summed E-state index contributed by atoms with van der Waals surface area (Å²) in [6, 6.07) is 0. The highest BCUT2D eigenvalue weighted by Crippen LogP contribution is 2.31. The number of halogens is 4. The number of alkyl halides is 3. The maximum absolute atomic E-state index is 5.82. The van der Waals surface area contributed by atoms with Gasteiger partial charge in [-0.05, 0) is 0 Å². The molecule has 1 rings (SSSR count). The molecule has 0 nitrogen and oxygen atoms in total. The molecule has 1 aliphatic rings. The van der Waals surface area contributed by atoms with E-state index in [1.54, 1.807) is 6.08 Å². The van der Waals surface area contributed by atoms with E-state index in [4.69, 9.17) is 46.4 Å². The van der Waals surface area contributed by atoms with Gasteiger partial charge in [0.1, 0.15) is 0 Å². The zero-order chi connectivity index (χ0) is 7.72. The maximum Gasteiger partial charge on any atom is 0.0708 e. The van der Waals surface area contributed by atoms with E-state index in [-0.39, 0.29) is 16.1 Å². The Labute approximate surface area is 80.1 Å². The average molecular weight is 220 g/mol. The van der Waals surface area contributed by atoms with Gasteiger partial charge in [-0.3, -0.25) is 0 Å². The van der Waals surface area contributed by atoms with E-state index in [0.29, 0.717) is 11.5 Å². The fourth-order valence-corrected chi connectivity index (χ4v) is 2.16. The summed E-state index contributed by atoms with van der Waals surface area (Å²) < 4.78 is 0. The molecule has 0 radical (unpaired) electrons. The van der Waals surface area contributed by atoms with Crippen molar-refractivity contribution < 1.29 is 0 Å². The molecule has 0 heterocycles. The molecule has 0 amide bonds. The first-order chi connectivity index (χ1) is 4.61. The van der Waals surface area contributed by atoms with Crippen LogP contribution in [0.15, 0.2) is 11.1 Å². The number of rotatable bonds is 0. The lowest BCUT2D eigenvalue weighted by atomic mass is 10.1. The molecule has 0 fully saturated rings. The van der Waals surface area contributed by atoms with Gasteiger partial charge >= 0.3 is 0 Å². The molecule has 0 saturated carbocycles. The Morgan fingerprint density at radius 3 is 2.40 bits per heavy atom. The van der Waals surface area contributed by atoms with Crippen LogP contribution in [0, 0.1) is 0 Å². The first-order valence-corrected chi connectivity index (χ1v) is 4.58. The first-order valence-electron chi connectivity index (χ1n) is 2.89. The molecule has 0 spiro atoms. The van der Waals surface area contributed by atoms with Crippen molar-refractivity contribution in [3.05, 3.63) is 11.1 Å². The van der Waals surface area contributed by atoms with Crippen molar-refractivity contribution in [3.63, 3.8) is 0 Å². The molecule has 0 aliphatic heterocycles. The van der Waals surface area contributed by atoms with Gasteiger partial charge in [0.15, 0.2) is 0 Å². The molecule has 0 N–H and O–H groups in total. The standard InChI is InChI=1S/C6H6Cl4/c7-3-1-4(8)6(10)5(9)2-3/h1,4-6H,2H2/t4-,5+,6+/m0/s1. The van der Waals surface area contributed by atoms with Crippen LogP contribution >= 0.6 is 46.4 Å². The quantitative estimate of drug-likeness (QED) is 0.549. The Kier molecular flexibility index (Phi) is 3.18. The summed E-state index contributed by atoms with van der Waals surface area (Å²) in [5.74, 6) is 0. The van der Waals surface area contributed by atoms with Gasteiger partial charge in [0, 0.05) is 11.5 Å². The minimum Gasteiger partial charge on any atom is -0.121 e. The molecule has 0 bridgehead atoms. The fourth-order valence-electron chi connectivity index (χ4n) is 0.831. The minimum atomic E-state index is -0.231. The van der Waals surface area contributed by atoms with Crippen LogP contribution in [0.3, 0.4) is 0 Å². The third-order valence-electron chi connectivity index (χ3n) is 1.38. The predicted molar refractivity (Wildman–Crippen MR) is 47.5 cm³/mol. The van der Waals surface area contributed by atoms with E-state index >= 15 is 0 Å². The molecule has 0 unspecified atom stereocenters. The third-order valence-corrected chi connectivity index (χ3v) is 3.32. The van der Waals surface area contributed by atoms with Gasteiger partial charge in [0.25, 0.3) is 0 Å². The van der Waals surface area contributed by atoms with Gasteiger partial charge in [-0.15, -0.1) is 34.8 Å². The molecular weight excluding hydrogens is 214 g/mol. The molecule has 4 heteroatoms. The van der Waals surface area contributed by atoms with Crippen LogP contribution in [0.25, 0.3) is 0 Å². The van der Waals surface area contributed by atoms with E-state index in [1.165, 1.54) is 0 Å². The summed E-state index contributed by atoms with van der Waals surface area (Å²) in [7, 11) is 0. The normalized spacial score (nSPS) is 41.2. The molecule has 0 aromatic rings.